The molecule has 0 spiro atoms. The summed E-state index contributed by atoms with van der Waals surface area (Å²) in [5.41, 5.74) is 2.07. The van der Waals surface area contributed by atoms with Crippen LogP contribution in [0.3, 0.4) is 0 Å². The van der Waals surface area contributed by atoms with Gasteiger partial charge < -0.3 is 15.3 Å². The number of unbranched alkanes of at least 4 members (excludes halogenated alkanes) is 1. The van der Waals surface area contributed by atoms with Gasteiger partial charge in [0.25, 0.3) is 0 Å². The lowest BCUT2D eigenvalue weighted by atomic mass is 9.95. The van der Waals surface area contributed by atoms with E-state index in [4.69, 9.17) is 6.42 Å². The van der Waals surface area contributed by atoms with Crippen molar-refractivity contribution >= 4 is 12.0 Å². The smallest absolute Gasteiger partial charge is 0.335 e. The number of carboxylic acids is 1. The van der Waals surface area contributed by atoms with Crippen LogP contribution in [-0.2, 0) is 13.0 Å². The first-order chi connectivity index (χ1) is 10.1. The van der Waals surface area contributed by atoms with Crippen LogP contribution in [0.25, 0.3) is 0 Å². The first-order valence-electron chi connectivity index (χ1n) is 6.93. The van der Waals surface area contributed by atoms with E-state index in [0.717, 1.165) is 17.5 Å². The number of hydrogen-bond acceptors (Lipinski definition) is 2. The highest BCUT2D eigenvalue weighted by atomic mass is 16.4. The molecule has 1 aliphatic heterocycles. The van der Waals surface area contributed by atoms with Crippen LogP contribution in [0.1, 0.15) is 34.3 Å². The molecule has 0 atom stereocenters. The first-order valence-corrected chi connectivity index (χ1v) is 6.93. The molecule has 0 fully saturated rings. The summed E-state index contributed by atoms with van der Waals surface area (Å²) >= 11 is 0. The van der Waals surface area contributed by atoms with Crippen LogP contribution in [0.5, 0.6) is 0 Å². The van der Waals surface area contributed by atoms with Crippen LogP contribution in [-0.4, -0.2) is 35.1 Å². The Morgan fingerprint density at radius 3 is 2.95 bits per heavy atom. The third kappa shape index (κ3) is 3.54. The standard InChI is InChI=1S/C16H18N2O3/c1-2-3-4-9-17-16(21)18-10-8-13-12(11-18)6-5-7-14(13)15(19)20/h1,5-7H,3-4,8-11H2,(H,17,21)(H,19,20). The Balaban J connectivity index is 2.00. The number of benzene rings is 1. The van der Waals surface area contributed by atoms with E-state index in [1.165, 1.54) is 0 Å². The molecule has 2 rings (SSSR count). The fourth-order valence-corrected chi connectivity index (χ4v) is 2.48. The minimum atomic E-state index is -0.918. The molecule has 0 bridgehead atoms. The molecule has 0 unspecified atom stereocenters. The minimum Gasteiger partial charge on any atom is -0.478 e. The van der Waals surface area contributed by atoms with E-state index in [-0.39, 0.29) is 6.03 Å². The number of nitrogens with zero attached hydrogens (tertiary/aromatic N) is 1. The molecule has 1 aromatic rings. The van der Waals surface area contributed by atoms with Crippen molar-refractivity contribution in [3.63, 3.8) is 0 Å². The normalized spacial score (nSPS) is 13.2. The number of carbonyl (C=O) groups excluding carboxylic acids is 1. The lowest BCUT2D eigenvalue weighted by molar-refractivity contribution is 0.0695. The van der Waals surface area contributed by atoms with E-state index >= 15 is 0 Å². The van der Waals surface area contributed by atoms with Crippen molar-refractivity contribution in [3.8, 4) is 12.3 Å². The van der Waals surface area contributed by atoms with Crippen molar-refractivity contribution in [2.45, 2.75) is 25.8 Å². The van der Waals surface area contributed by atoms with Crippen molar-refractivity contribution in [2.24, 2.45) is 0 Å². The van der Waals surface area contributed by atoms with Gasteiger partial charge in [-0.05, 0) is 30.0 Å². The van der Waals surface area contributed by atoms with Crippen LogP contribution in [0.4, 0.5) is 4.79 Å². The van der Waals surface area contributed by atoms with E-state index in [0.29, 0.717) is 38.0 Å². The van der Waals surface area contributed by atoms with Crippen molar-refractivity contribution < 1.29 is 14.7 Å². The zero-order valence-electron chi connectivity index (χ0n) is 11.8. The van der Waals surface area contributed by atoms with Crippen molar-refractivity contribution in [1.29, 1.82) is 0 Å². The van der Waals surface area contributed by atoms with Crippen molar-refractivity contribution in [2.75, 3.05) is 13.1 Å². The highest BCUT2D eigenvalue weighted by molar-refractivity contribution is 5.90. The summed E-state index contributed by atoms with van der Waals surface area (Å²) in [7, 11) is 0. The SMILES string of the molecule is C#CCCCNC(=O)N1CCc2c(cccc2C(=O)O)C1. The molecule has 5 nitrogen and oxygen atoms in total. The molecule has 0 aromatic heterocycles. The lowest BCUT2D eigenvalue weighted by Gasteiger charge is -2.29. The Bertz CT molecular complexity index is 590. The summed E-state index contributed by atoms with van der Waals surface area (Å²) in [4.78, 5) is 24.9. The highest BCUT2D eigenvalue weighted by Gasteiger charge is 2.23. The maximum atomic E-state index is 12.0. The monoisotopic (exact) mass is 286 g/mol. The van der Waals surface area contributed by atoms with Gasteiger partial charge in [0.15, 0.2) is 0 Å². The number of nitrogens with one attached hydrogen (secondary N) is 1. The largest absolute Gasteiger partial charge is 0.478 e. The topological polar surface area (TPSA) is 69.6 Å². The molecular formula is C16H18N2O3. The van der Waals surface area contributed by atoms with Gasteiger partial charge in [-0.3, -0.25) is 0 Å². The summed E-state index contributed by atoms with van der Waals surface area (Å²) < 4.78 is 0. The molecular weight excluding hydrogens is 268 g/mol. The van der Waals surface area contributed by atoms with Crippen LogP contribution in [0.2, 0.25) is 0 Å². The van der Waals surface area contributed by atoms with Gasteiger partial charge in [-0.2, -0.15) is 0 Å². The van der Waals surface area contributed by atoms with Gasteiger partial charge in [0.05, 0.1) is 5.56 Å². The number of aromatic carboxylic acids is 1. The van der Waals surface area contributed by atoms with Crippen LogP contribution in [0, 0.1) is 12.3 Å². The molecule has 2 amide bonds. The second kappa shape index (κ2) is 6.80. The van der Waals surface area contributed by atoms with Crippen LogP contribution >= 0.6 is 0 Å². The van der Waals surface area contributed by atoms with E-state index in [1.54, 1.807) is 17.0 Å². The molecule has 21 heavy (non-hydrogen) atoms. The van der Waals surface area contributed by atoms with Gasteiger partial charge in [-0.1, -0.05) is 12.1 Å². The van der Waals surface area contributed by atoms with E-state index in [1.807, 2.05) is 6.07 Å². The van der Waals surface area contributed by atoms with Gasteiger partial charge in [0.1, 0.15) is 0 Å². The van der Waals surface area contributed by atoms with Gasteiger partial charge in [0.2, 0.25) is 0 Å². The molecule has 0 saturated heterocycles. The second-order valence-electron chi connectivity index (χ2n) is 4.96. The number of carbonyl (C=O) groups is 2. The quantitative estimate of drug-likeness (QED) is 0.655. The number of hydrogen-bond donors (Lipinski definition) is 2. The lowest BCUT2D eigenvalue weighted by Crippen LogP contribution is -2.43. The summed E-state index contributed by atoms with van der Waals surface area (Å²) in [6, 6.07) is 5.07. The Kier molecular flexibility index (Phi) is 4.83. The summed E-state index contributed by atoms with van der Waals surface area (Å²) in [6.45, 7) is 1.53. The fraction of sp³-hybridized carbons (Fsp3) is 0.375. The number of terminal acetylenes is 1. The second-order valence-corrected chi connectivity index (χ2v) is 4.96. The fourth-order valence-electron chi connectivity index (χ4n) is 2.48. The Hall–Kier alpha value is -2.48. The molecule has 5 heteroatoms. The van der Waals surface area contributed by atoms with Crippen molar-refractivity contribution in [1.82, 2.24) is 10.2 Å². The highest BCUT2D eigenvalue weighted by Crippen LogP contribution is 2.22. The number of amides is 2. The average Bonchev–Trinajstić information content (AvgIpc) is 2.50. The Labute approximate surface area is 124 Å². The average molecular weight is 286 g/mol. The third-order valence-corrected chi connectivity index (χ3v) is 3.56. The third-order valence-electron chi connectivity index (χ3n) is 3.56. The molecule has 2 N–H and O–H groups in total. The molecule has 0 radical (unpaired) electrons. The van der Waals surface area contributed by atoms with Crippen molar-refractivity contribution in [3.05, 3.63) is 34.9 Å². The summed E-state index contributed by atoms with van der Waals surface area (Å²) in [5, 5.41) is 12.0. The predicted molar refractivity (Wildman–Crippen MR) is 79.0 cm³/mol. The Morgan fingerprint density at radius 1 is 1.43 bits per heavy atom. The van der Waals surface area contributed by atoms with Gasteiger partial charge >= 0.3 is 12.0 Å². The number of carboxylic acid groups (broad SMARTS) is 1. The zero-order valence-corrected chi connectivity index (χ0v) is 11.8. The maximum absolute atomic E-state index is 12.0. The summed E-state index contributed by atoms with van der Waals surface area (Å²) in [5.74, 6) is 1.61. The molecule has 1 aliphatic rings. The van der Waals surface area contributed by atoms with E-state index in [2.05, 4.69) is 11.2 Å². The summed E-state index contributed by atoms with van der Waals surface area (Å²) in [6.07, 6.45) is 7.13. The van der Waals surface area contributed by atoms with Gasteiger partial charge in [-0.15, -0.1) is 12.3 Å². The molecule has 0 saturated carbocycles. The van der Waals surface area contributed by atoms with E-state index < -0.39 is 5.97 Å². The molecule has 110 valence electrons. The maximum Gasteiger partial charge on any atom is 0.335 e. The Morgan fingerprint density at radius 2 is 2.24 bits per heavy atom. The van der Waals surface area contributed by atoms with Crippen LogP contribution in [0.15, 0.2) is 18.2 Å². The molecule has 1 aromatic carbocycles. The van der Waals surface area contributed by atoms with Crippen LogP contribution < -0.4 is 5.32 Å². The number of urea groups is 1. The van der Waals surface area contributed by atoms with Gasteiger partial charge in [-0.25, -0.2) is 9.59 Å². The van der Waals surface area contributed by atoms with Gasteiger partial charge in [0, 0.05) is 26.1 Å². The molecule has 0 aliphatic carbocycles. The first kappa shape index (κ1) is 14.9. The molecule has 1 heterocycles. The predicted octanol–water partition coefficient (Wildman–Crippen LogP) is 1.87. The number of fused-ring (bicyclic) bond motifs is 1. The minimum absolute atomic E-state index is 0.126. The van der Waals surface area contributed by atoms with E-state index in [9.17, 15) is 14.7 Å². The number of rotatable bonds is 4. The zero-order chi connectivity index (χ0) is 15.2.